The smallest absolute Gasteiger partial charge is 0.387 e. The Labute approximate surface area is 157 Å². The van der Waals surface area contributed by atoms with E-state index >= 15 is 0 Å². The van der Waals surface area contributed by atoms with E-state index in [4.69, 9.17) is 4.74 Å². The molecule has 1 N–H and O–H groups in total. The van der Waals surface area contributed by atoms with Crippen molar-refractivity contribution in [2.45, 2.75) is 13.2 Å². The summed E-state index contributed by atoms with van der Waals surface area (Å²) in [5.41, 5.74) is 0.909. The predicted octanol–water partition coefficient (Wildman–Crippen LogP) is 5.32. The summed E-state index contributed by atoms with van der Waals surface area (Å²) in [6.45, 7) is -2.78. The Morgan fingerprint density at radius 1 is 1.11 bits per heavy atom. The quantitative estimate of drug-likeness (QED) is 0.591. The van der Waals surface area contributed by atoms with Crippen LogP contribution in [0.3, 0.4) is 0 Å². The number of para-hydroxylation sites is 2. The Morgan fingerprint density at radius 3 is 2.59 bits per heavy atom. The number of hydrogen-bond acceptors (Lipinski definition) is 4. The van der Waals surface area contributed by atoms with E-state index in [1.54, 1.807) is 17.5 Å². The van der Waals surface area contributed by atoms with Crippen molar-refractivity contribution in [2.75, 3.05) is 5.32 Å². The molecule has 0 saturated heterocycles. The SMILES string of the molecule is O=C(Nc1ccccc1OC(F)F)c1cc(COc2ccc(F)cc2)cs1. The highest BCUT2D eigenvalue weighted by Gasteiger charge is 2.14. The zero-order chi connectivity index (χ0) is 19.2. The zero-order valence-corrected chi connectivity index (χ0v) is 14.6. The first kappa shape index (κ1) is 18.8. The van der Waals surface area contributed by atoms with Gasteiger partial charge in [0.15, 0.2) is 0 Å². The average Bonchev–Trinajstić information content (AvgIpc) is 3.12. The summed E-state index contributed by atoms with van der Waals surface area (Å²) in [6, 6.07) is 13.2. The second-order valence-corrected chi connectivity index (χ2v) is 6.30. The molecule has 1 aromatic heterocycles. The van der Waals surface area contributed by atoms with Gasteiger partial charge in [-0.1, -0.05) is 12.1 Å². The van der Waals surface area contributed by atoms with Crippen LogP contribution in [-0.2, 0) is 6.61 Å². The van der Waals surface area contributed by atoms with Crippen LogP contribution in [0.1, 0.15) is 15.2 Å². The van der Waals surface area contributed by atoms with Crippen molar-refractivity contribution in [2.24, 2.45) is 0 Å². The van der Waals surface area contributed by atoms with Crippen molar-refractivity contribution in [1.82, 2.24) is 0 Å². The minimum atomic E-state index is -2.99. The van der Waals surface area contributed by atoms with Gasteiger partial charge in [-0.2, -0.15) is 8.78 Å². The fourth-order valence-electron chi connectivity index (χ4n) is 2.22. The van der Waals surface area contributed by atoms with E-state index in [1.807, 2.05) is 0 Å². The summed E-state index contributed by atoms with van der Waals surface area (Å²) in [7, 11) is 0. The Kier molecular flexibility index (Phi) is 5.97. The fraction of sp³-hybridized carbons (Fsp3) is 0.105. The van der Waals surface area contributed by atoms with E-state index in [9.17, 15) is 18.0 Å². The van der Waals surface area contributed by atoms with Gasteiger partial charge in [-0.15, -0.1) is 11.3 Å². The number of ether oxygens (including phenoxy) is 2. The highest BCUT2D eigenvalue weighted by Crippen LogP contribution is 2.27. The standard InChI is InChI=1S/C19H14F3NO3S/c20-13-5-7-14(8-6-13)25-10-12-9-17(27-11-12)18(24)23-15-3-1-2-4-16(15)26-19(21)22/h1-9,11,19H,10H2,(H,23,24). The number of halogens is 3. The van der Waals surface area contributed by atoms with Crippen molar-refractivity contribution in [3.63, 3.8) is 0 Å². The first-order valence-electron chi connectivity index (χ1n) is 7.82. The van der Waals surface area contributed by atoms with Crippen molar-refractivity contribution >= 4 is 22.9 Å². The lowest BCUT2D eigenvalue weighted by Crippen LogP contribution is -2.12. The third-order valence-corrected chi connectivity index (χ3v) is 4.43. The number of carbonyl (C=O) groups is 1. The van der Waals surface area contributed by atoms with Gasteiger partial charge in [0.2, 0.25) is 0 Å². The number of benzene rings is 2. The molecule has 4 nitrogen and oxygen atoms in total. The number of nitrogens with one attached hydrogen (secondary N) is 1. The van der Waals surface area contributed by atoms with Crippen LogP contribution >= 0.6 is 11.3 Å². The monoisotopic (exact) mass is 393 g/mol. The maximum absolute atomic E-state index is 12.9. The maximum Gasteiger partial charge on any atom is 0.387 e. The van der Waals surface area contributed by atoms with Crippen LogP contribution < -0.4 is 14.8 Å². The number of anilines is 1. The third-order valence-electron chi connectivity index (χ3n) is 3.45. The molecule has 27 heavy (non-hydrogen) atoms. The molecule has 0 radical (unpaired) electrons. The van der Waals surface area contributed by atoms with E-state index in [-0.39, 0.29) is 23.9 Å². The van der Waals surface area contributed by atoms with Crippen molar-refractivity contribution in [3.05, 3.63) is 76.2 Å². The summed E-state index contributed by atoms with van der Waals surface area (Å²) in [4.78, 5) is 12.7. The normalized spacial score (nSPS) is 10.7. The first-order chi connectivity index (χ1) is 13.0. The number of alkyl halides is 2. The number of rotatable bonds is 7. The largest absolute Gasteiger partial charge is 0.489 e. The zero-order valence-electron chi connectivity index (χ0n) is 13.8. The molecule has 1 heterocycles. The van der Waals surface area contributed by atoms with Gasteiger partial charge in [-0.3, -0.25) is 4.79 Å². The molecule has 8 heteroatoms. The van der Waals surface area contributed by atoms with Crippen LogP contribution in [-0.4, -0.2) is 12.5 Å². The lowest BCUT2D eigenvalue weighted by Gasteiger charge is -2.10. The summed E-state index contributed by atoms with van der Waals surface area (Å²) in [5.74, 6) is -0.407. The summed E-state index contributed by atoms with van der Waals surface area (Å²) in [6.07, 6.45) is 0. The number of carbonyl (C=O) groups excluding carboxylic acids is 1. The Morgan fingerprint density at radius 2 is 1.85 bits per heavy atom. The van der Waals surface area contributed by atoms with Gasteiger partial charge in [-0.25, -0.2) is 4.39 Å². The number of hydrogen-bond donors (Lipinski definition) is 1. The summed E-state index contributed by atoms with van der Waals surface area (Å²) >= 11 is 1.19. The lowest BCUT2D eigenvalue weighted by molar-refractivity contribution is -0.0493. The van der Waals surface area contributed by atoms with Crippen LogP contribution in [0, 0.1) is 5.82 Å². The minimum absolute atomic E-state index is 0.114. The van der Waals surface area contributed by atoms with Gasteiger partial charge >= 0.3 is 6.61 Å². The highest BCUT2D eigenvalue weighted by molar-refractivity contribution is 7.12. The van der Waals surface area contributed by atoms with Gasteiger partial charge < -0.3 is 14.8 Å². The van der Waals surface area contributed by atoms with Crippen LogP contribution in [0.4, 0.5) is 18.9 Å². The molecule has 0 aliphatic heterocycles. The van der Waals surface area contributed by atoms with E-state index in [1.165, 1.54) is 53.8 Å². The molecule has 0 atom stereocenters. The topological polar surface area (TPSA) is 47.6 Å². The molecule has 0 saturated carbocycles. The molecule has 0 unspecified atom stereocenters. The second-order valence-electron chi connectivity index (χ2n) is 5.39. The molecule has 0 aliphatic carbocycles. The van der Waals surface area contributed by atoms with Gasteiger partial charge in [-0.05, 0) is 47.8 Å². The Hall–Kier alpha value is -3.00. The van der Waals surface area contributed by atoms with Gasteiger partial charge in [0.1, 0.15) is 23.9 Å². The van der Waals surface area contributed by atoms with E-state index in [0.717, 1.165) is 5.56 Å². The lowest BCUT2D eigenvalue weighted by atomic mass is 10.2. The van der Waals surface area contributed by atoms with Gasteiger partial charge in [0.05, 0.1) is 10.6 Å². The highest BCUT2D eigenvalue weighted by atomic mass is 32.1. The number of amides is 1. The van der Waals surface area contributed by atoms with Crippen molar-refractivity contribution < 1.29 is 27.4 Å². The van der Waals surface area contributed by atoms with E-state index in [0.29, 0.717) is 10.6 Å². The molecule has 0 spiro atoms. The van der Waals surface area contributed by atoms with Crippen LogP contribution in [0.25, 0.3) is 0 Å². The molecular weight excluding hydrogens is 379 g/mol. The predicted molar refractivity (Wildman–Crippen MR) is 96.1 cm³/mol. The third kappa shape index (κ3) is 5.24. The molecule has 0 bridgehead atoms. The average molecular weight is 393 g/mol. The molecule has 0 fully saturated rings. The van der Waals surface area contributed by atoms with Crippen LogP contribution in [0.5, 0.6) is 11.5 Å². The first-order valence-corrected chi connectivity index (χ1v) is 8.70. The summed E-state index contributed by atoms with van der Waals surface area (Å²) in [5, 5.41) is 4.31. The van der Waals surface area contributed by atoms with Crippen molar-refractivity contribution in [3.8, 4) is 11.5 Å². The minimum Gasteiger partial charge on any atom is -0.489 e. The number of thiophene rings is 1. The van der Waals surface area contributed by atoms with Crippen molar-refractivity contribution in [1.29, 1.82) is 0 Å². The fourth-order valence-corrected chi connectivity index (χ4v) is 3.01. The van der Waals surface area contributed by atoms with Gasteiger partial charge in [0.25, 0.3) is 5.91 Å². The molecule has 3 aromatic rings. The molecule has 1 amide bonds. The Bertz CT molecular complexity index is 913. The Balaban J connectivity index is 1.62. The van der Waals surface area contributed by atoms with Gasteiger partial charge in [0, 0.05) is 5.56 Å². The van der Waals surface area contributed by atoms with E-state index < -0.39 is 12.5 Å². The summed E-state index contributed by atoms with van der Waals surface area (Å²) < 4.78 is 47.7. The maximum atomic E-state index is 12.9. The van der Waals surface area contributed by atoms with Crippen LogP contribution in [0.15, 0.2) is 60.0 Å². The molecule has 0 aliphatic rings. The molecule has 140 valence electrons. The molecule has 3 rings (SSSR count). The van der Waals surface area contributed by atoms with Crippen LogP contribution in [0.2, 0.25) is 0 Å². The van der Waals surface area contributed by atoms with E-state index in [2.05, 4.69) is 10.1 Å². The molecular formula is C19H14F3NO3S. The second kappa shape index (κ2) is 8.59. The molecule has 2 aromatic carbocycles.